The molecule has 1 fully saturated rings. The van der Waals surface area contributed by atoms with Crippen molar-refractivity contribution >= 4 is 17.2 Å². The predicted molar refractivity (Wildman–Crippen MR) is 88.3 cm³/mol. The van der Waals surface area contributed by atoms with Crippen LogP contribution in [0.15, 0.2) is 34.4 Å². The van der Waals surface area contributed by atoms with E-state index < -0.39 is 0 Å². The van der Waals surface area contributed by atoms with Gasteiger partial charge in [-0.15, -0.1) is 11.3 Å². The fourth-order valence-electron chi connectivity index (χ4n) is 3.15. The van der Waals surface area contributed by atoms with Crippen LogP contribution in [0.25, 0.3) is 0 Å². The van der Waals surface area contributed by atoms with Crippen LogP contribution in [0.1, 0.15) is 52.7 Å². The molecule has 0 spiro atoms. The Kier molecular flexibility index (Phi) is 4.43. The van der Waals surface area contributed by atoms with Gasteiger partial charge in [-0.05, 0) is 49.3 Å². The van der Waals surface area contributed by atoms with Crippen molar-refractivity contribution in [2.45, 2.75) is 38.6 Å². The first-order chi connectivity index (χ1) is 10.6. The monoisotopic (exact) mass is 316 g/mol. The third-order valence-electron chi connectivity index (χ3n) is 4.31. The Morgan fingerprint density at radius 1 is 1.32 bits per heavy atom. The van der Waals surface area contributed by atoms with E-state index in [0.717, 1.165) is 18.5 Å². The van der Waals surface area contributed by atoms with Gasteiger partial charge in [-0.25, -0.2) is 0 Å². The molecule has 1 aliphatic rings. The summed E-state index contributed by atoms with van der Waals surface area (Å²) in [5.74, 6) is 0.179. The summed E-state index contributed by atoms with van der Waals surface area (Å²) in [6.45, 7) is 1.80. The van der Waals surface area contributed by atoms with E-state index in [9.17, 15) is 9.59 Å². The van der Waals surface area contributed by atoms with Gasteiger partial charge in [0.25, 0.3) is 11.5 Å². The first-order valence-electron chi connectivity index (χ1n) is 7.69. The van der Waals surface area contributed by atoms with Gasteiger partial charge in [0.05, 0.1) is 6.04 Å². The zero-order valence-corrected chi connectivity index (χ0v) is 13.4. The molecule has 116 valence electrons. The van der Waals surface area contributed by atoms with Crippen molar-refractivity contribution in [1.29, 1.82) is 0 Å². The van der Waals surface area contributed by atoms with E-state index in [1.165, 1.54) is 17.7 Å². The van der Waals surface area contributed by atoms with Crippen molar-refractivity contribution in [3.63, 3.8) is 0 Å². The SMILES string of the molecule is Cc1ccc(C(=O)N[C@@H](c2cccs2)C2CCCC2)c(=O)[nH]1. The molecule has 1 amide bonds. The Labute approximate surface area is 133 Å². The molecule has 0 aromatic carbocycles. The second kappa shape index (κ2) is 6.48. The second-order valence-corrected chi connectivity index (χ2v) is 6.87. The molecule has 2 N–H and O–H groups in total. The molecule has 5 heteroatoms. The Hall–Kier alpha value is -1.88. The second-order valence-electron chi connectivity index (χ2n) is 5.90. The Morgan fingerprint density at radius 2 is 2.09 bits per heavy atom. The van der Waals surface area contributed by atoms with Crippen LogP contribution in [0, 0.1) is 12.8 Å². The molecule has 2 heterocycles. The van der Waals surface area contributed by atoms with Gasteiger partial charge in [0.1, 0.15) is 5.56 Å². The van der Waals surface area contributed by atoms with Crippen LogP contribution in [0.4, 0.5) is 0 Å². The first-order valence-corrected chi connectivity index (χ1v) is 8.57. The van der Waals surface area contributed by atoms with E-state index in [4.69, 9.17) is 0 Å². The van der Waals surface area contributed by atoms with E-state index in [0.29, 0.717) is 5.92 Å². The summed E-state index contributed by atoms with van der Waals surface area (Å²) < 4.78 is 0. The highest BCUT2D eigenvalue weighted by Gasteiger charge is 2.29. The minimum absolute atomic E-state index is 0.00991. The van der Waals surface area contributed by atoms with E-state index >= 15 is 0 Å². The van der Waals surface area contributed by atoms with Crippen molar-refractivity contribution in [2.24, 2.45) is 5.92 Å². The number of aryl methyl sites for hydroxylation is 1. The molecule has 0 bridgehead atoms. The summed E-state index contributed by atoms with van der Waals surface area (Å²) in [6.07, 6.45) is 4.70. The number of hydrogen-bond donors (Lipinski definition) is 2. The van der Waals surface area contributed by atoms with E-state index in [2.05, 4.69) is 16.4 Å². The molecule has 1 saturated carbocycles. The number of pyridine rings is 1. The highest BCUT2D eigenvalue weighted by Crippen LogP contribution is 2.37. The third-order valence-corrected chi connectivity index (χ3v) is 5.26. The standard InChI is InChI=1S/C17H20N2O2S/c1-11-8-9-13(16(20)18-11)17(21)19-15(12-5-2-3-6-12)14-7-4-10-22-14/h4,7-10,12,15H,2-3,5-6H2,1H3,(H,18,20)(H,19,21)/t15-/m1/s1. The van der Waals surface area contributed by atoms with Gasteiger partial charge in [0.2, 0.25) is 0 Å². The number of amides is 1. The summed E-state index contributed by atoms with van der Waals surface area (Å²) >= 11 is 1.66. The van der Waals surface area contributed by atoms with Crippen molar-refractivity contribution in [1.82, 2.24) is 10.3 Å². The number of H-pyrrole nitrogens is 1. The quantitative estimate of drug-likeness (QED) is 0.908. The normalized spacial score (nSPS) is 16.6. The topological polar surface area (TPSA) is 62.0 Å². The summed E-state index contributed by atoms with van der Waals surface area (Å²) in [5, 5.41) is 5.12. The van der Waals surface area contributed by atoms with E-state index in [1.807, 2.05) is 11.4 Å². The zero-order chi connectivity index (χ0) is 15.5. The largest absolute Gasteiger partial charge is 0.344 e. The molecular formula is C17H20N2O2S. The Balaban J connectivity index is 1.83. The Bertz CT molecular complexity index is 700. The van der Waals surface area contributed by atoms with Gasteiger partial charge < -0.3 is 10.3 Å². The van der Waals surface area contributed by atoms with E-state index in [-0.39, 0.29) is 23.1 Å². The summed E-state index contributed by atoms with van der Waals surface area (Å²) in [4.78, 5) is 28.3. The molecule has 2 aromatic rings. The maximum absolute atomic E-state index is 12.5. The van der Waals surface area contributed by atoms with Gasteiger partial charge in [-0.1, -0.05) is 18.9 Å². The molecule has 22 heavy (non-hydrogen) atoms. The number of aromatic amines is 1. The number of nitrogens with one attached hydrogen (secondary N) is 2. The van der Waals surface area contributed by atoms with Crippen molar-refractivity contribution in [3.8, 4) is 0 Å². The van der Waals surface area contributed by atoms with Gasteiger partial charge >= 0.3 is 0 Å². The maximum Gasteiger partial charge on any atom is 0.260 e. The molecule has 2 aromatic heterocycles. The van der Waals surface area contributed by atoms with Gasteiger partial charge in [-0.2, -0.15) is 0 Å². The predicted octanol–water partition coefficient (Wildman–Crippen LogP) is 3.41. The van der Waals surface area contributed by atoms with Crippen molar-refractivity contribution < 1.29 is 4.79 Å². The van der Waals surface area contributed by atoms with Crippen LogP contribution in [-0.4, -0.2) is 10.9 Å². The van der Waals surface area contributed by atoms with Gasteiger partial charge in [0.15, 0.2) is 0 Å². The lowest BCUT2D eigenvalue weighted by atomic mass is 9.96. The Morgan fingerprint density at radius 3 is 2.73 bits per heavy atom. The fourth-order valence-corrected chi connectivity index (χ4v) is 4.02. The average Bonchev–Trinajstić information content (AvgIpc) is 3.18. The van der Waals surface area contributed by atoms with Crippen LogP contribution < -0.4 is 10.9 Å². The lowest BCUT2D eigenvalue weighted by Crippen LogP contribution is -2.35. The summed E-state index contributed by atoms with van der Waals surface area (Å²) in [5.41, 5.74) is 0.617. The number of aromatic nitrogens is 1. The van der Waals surface area contributed by atoms with Crippen LogP contribution in [0.5, 0.6) is 0 Å². The van der Waals surface area contributed by atoms with Crippen LogP contribution in [0.2, 0.25) is 0 Å². The van der Waals surface area contributed by atoms with Crippen molar-refractivity contribution in [3.05, 3.63) is 56.1 Å². The molecule has 0 unspecified atom stereocenters. The molecular weight excluding hydrogens is 296 g/mol. The van der Waals surface area contributed by atoms with Crippen LogP contribution in [-0.2, 0) is 0 Å². The summed E-state index contributed by atoms with van der Waals surface area (Å²) in [6, 6.07) is 7.44. The number of rotatable bonds is 4. The van der Waals surface area contributed by atoms with E-state index in [1.54, 1.807) is 30.4 Å². The number of thiophene rings is 1. The molecule has 4 nitrogen and oxygen atoms in total. The minimum Gasteiger partial charge on any atom is -0.344 e. The number of hydrogen-bond acceptors (Lipinski definition) is 3. The maximum atomic E-state index is 12.5. The molecule has 0 aliphatic heterocycles. The molecule has 0 radical (unpaired) electrons. The van der Waals surface area contributed by atoms with Crippen molar-refractivity contribution in [2.75, 3.05) is 0 Å². The third kappa shape index (κ3) is 3.14. The van der Waals surface area contributed by atoms with Gasteiger partial charge in [0, 0.05) is 10.6 Å². The summed E-state index contributed by atoms with van der Waals surface area (Å²) in [7, 11) is 0. The first kappa shape index (κ1) is 15.0. The zero-order valence-electron chi connectivity index (χ0n) is 12.6. The lowest BCUT2D eigenvalue weighted by Gasteiger charge is -2.23. The molecule has 0 saturated heterocycles. The number of carbonyl (C=O) groups is 1. The molecule has 1 atom stereocenters. The highest BCUT2D eigenvalue weighted by atomic mass is 32.1. The minimum atomic E-state index is -0.325. The van der Waals surface area contributed by atoms with Crippen LogP contribution in [0.3, 0.4) is 0 Å². The van der Waals surface area contributed by atoms with Gasteiger partial charge in [-0.3, -0.25) is 9.59 Å². The highest BCUT2D eigenvalue weighted by molar-refractivity contribution is 7.10. The molecule has 3 rings (SSSR count). The fraction of sp³-hybridized carbons (Fsp3) is 0.412. The molecule has 1 aliphatic carbocycles. The van der Waals surface area contributed by atoms with Crippen LogP contribution >= 0.6 is 11.3 Å². The average molecular weight is 316 g/mol. The lowest BCUT2D eigenvalue weighted by molar-refractivity contribution is 0.0921. The number of carbonyl (C=O) groups excluding carboxylic acids is 1. The smallest absolute Gasteiger partial charge is 0.260 e.